The van der Waals surface area contributed by atoms with Gasteiger partial charge in [-0.1, -0.05) is 36.4 Å². The lowest BCUT2D eigenvalue weighted by molar-refractivity contribution is -0.140. The maximum absolute atomic E-state index is 11.9. The van der Waals surface area contributed by atoms with E-state index in [1.54, 1.807) is 36.4 Å². The second-order valence-electron chi connectivity index (χ2n) is 4.71. The molecule has 0 saturated carbocycles. The molecule has 1 unspecified atom stereocenters. The van der Waals surface area contributed by atoms with Gasteiger partial charge in [-0.3, -0.25) is 9.59 Å². The zero-order valence-electron chi connectivity index (χ0n) is 12.3. The van der Waals surface area contributed by atoms with E-state index in [2.05, 4.69) is 0 Å². The summed E-state index contributed by atoms with van der Waals surface area (Å²) in [5, 5.41) is -2.19. The second-order valence-corrected chi connectivity index (χ2v) is 6.26. The second kappa shape index (κ2) is 7.71. The van der Waals surface area contributed by atoms with Crippen LogP contribution in [0.5, 0.6) is 11.5 Å². The van der Waals surface area contributed by atoms with E-state index < -0.39 is 33.7 Å². The Bertz CT molecular complexity index is 801. The van der Waals surface area contributed by atoms with Crippen molar-refractivity contribution in [3.8, 4) is 11.5 Å². The average molecular weight is 349 g/mol. The molecule has 0 aromatic heterocycles. The van der Waals surface area contributed by atoms with E-state index in [4.69, 9.17) is 9.47 Å². The molecule has 0 saturated heterocycles. The number of rotatable bonds is 6. The monoisotopic (exact) mass is 349 g/mol. The molecule has 0 heterocycles. The standard InChI is InChI=1S/C16H14O7S/c17-15(22-12-7-3-1-4-8-12)11-14(24(19,20)21)16(18)23-13-9-5-2-6-10-13/h1-10,14H,11H2,(H,19,20,21)/p-1. The first-order chi connectivity index (χ1) is 11.4. The third-order valence-electron chi connectivity index (χ3n) is 2.90. The minimum absolute atomic E-state index is 0.0626. The molecule has 0 aliphatic carbocycles. The van der Waals surface area contributed by atoms with Crippen molar-refractivity contribution < 1.29 is 32.0 Å². The van der Waals surface area contributed by atoms with Crippen LogP contribution in [0.15, 0.2) is 60.7 Å². The number of ether oxygens (including phenoxy) is 2. The van der Waals surface area contributed by atoms with Gasteiger partial charge in [0.25, 0.3) is 0 Å². The van der Waals surface area contributed by atoms with E-state index in [1.807, 2.05) is 0 Å². The Morgan fingerprint density at radius 3 is 1.79 bits per heavy atom. The Morgan fingerprint density at radius 2 is 1.33 bits per heavy atom. The van der Waals surface area contributed by atoms with Gasteiger partial charge >= 0.3 is 11.9 Å². The van der Waals surface area contributed by atoms with E-state index in [0.29, 0.717) is 0 Å². The largest absolute Gasteiger partial charge is 0.747 e. The predicted octanol–water partition coefficient (Wildman–Crippen LogP) is 1.50. The first kappa shape index (κ1) is 17.6. The van der Waals surface area contributed by atoms with Crippen molar-refractivity contribution in [1.82, 2.24) is 0 Å². The summed E-state index contributed by atoms with van der Waals surface area (Å²) in [7, 11) is -5.10. The molecular formula is C16H13O7S-. The SMILES string of the molecule is O=C(CC(C(=O)Oc1ccccc1)S(=O)(=O)[O-])Oc1ccccc1. The smallest absolute Gasteiger partial charge is 0.329 e. The van der Waals surface area contributed by atoms with Crippen LogP contribution in [-0.2, 0) is 19.7 Å². The van der Waals surface area contributed by atoms with Crippen LogP contribution >= 0.6 is 0 Å². The Hall–Kier alpha value is -2.71. The number of hydrogen-bond acceptors (Lipinski definition) is 7. The number of carbonyl (C=O) groups is 2. The summed E-state index contributed by atoms with van der Waals surface area (Å²) in [6.07, 6.45) is -0.938. The lowest BCUT2D eigenvalue weighted by Crippen LogP contribution is -2.36. The van der Waals surface area contributed by atoms with Gasteiger partial charge in [0.1, 0.15) is 21.6 Å². The number of benzene rings is 2. The van der Waals surface area contributed by atoms with Gasteiger partial charge in [0.15, 0.2) is 5.25 Å². The lowest BCUT2D eigenvalue weighted by atomic mass is 10.3. The summed E-state index contributed by atoms with van der Waals surface area (Å²) in [5.74, 6) is -2.13. The molecule has 0 amide bonds. The van der Waals surface area contributed by atoms with Crippen LogP contribution in [0.4, 0.5) is 0 Å². The highest BCUT2D eigenvalue weighted by Gasteiger charge is 2.31. The Labute approximate surface area is 138 Å². The van der Waals surface area contributed by atoms with Gasteiger partial charge < -0.3 is 14.0 Å². The van der Waals surface area contributed by atoms with Gasteiger partial charge in [0.2, 0.25) is 0 Å². The van der Waals surface area contributed by atoms with E-state index >= 15 is 0 Å². The van der Waals surface area contributed by atoms with Crippen molar-refractivity contribution >= 4 is 22.1 Å². The molecule has 0 aliphatic heterocycles. The molecule has 0 N–H and O–H groups in total. The molecule has 24 heavy (non-hydrogen) atoms. The fourth-order valence-corrected chi connectivity index (χ4v) is 2.41. The Morgan fingerprint density at radius 1 is 0.875 bits per heavy atom. The van der Waals surface area contributed by atoms with E-state index in [1.165, 1.54) is 24.3 Å². The summed E-state index contributed by atoms with van der Waals surface area (Å²) in [5.41, 5.74) is 0. The Balaban J connectivity index is 2.08. The molecule has 0 fully saturated rings. The number of carbonyl (C=O) groups excluding carboxylic acids is 2. The molecule has 2 rings (SSSR count). The Kier molecular flexibility index (Phi) is 5.67. The third kappa shape index (κ3) is 5.18. The minimum Gasteiger partial charge on any atom is -0.747 e. The molecule has 0 spiro atoms. The maximum Gasteiger partial charge on any atom is 0.329 e. The van der Waals surface area contributed by atoms with Crippen LogP contribution in [0.3, 0.4) is 0 Å². The van der Waals surface area contributed by atoms with Gasteiger partial charge in [-0.05, 0) is 24.3 Å². The average Bonchev–Trinajstić information content (AvgIpc) is 2.53. The molecule has 2 aromatic carbocycles. The molecular weight excluding hydrogens is 336 g/mol. The molecule has 0 bridgehead atoms. The van der Waals surface area contributed by atoms with E-state index in [0.717, 1.165) is 0 Å². The maximum atomic E-state index is 11.9. The first-order valence-corrected chi connectivity index (χ1v) is 8.30. The van der Waals surface area contributed by atoms with Crippen molar-refractivity contribution in [2.24, 2.45) is 0 Å². The van der Waals surface area contributed by atoms with Gasteiger partial charge in [0.05, 0.1) is 6.42 Å². The molecule has 0 radical (unpaired) electrons. The minimum atomic E-state index is -5.10. The van der Waals surface area contributed by atoms with Crippen LogP contribution in [0.25, 0.3) is 0 Å². The highest BCUT2D eigenvalue weighted by molar-refractivity contribution is 7.87. The summed E-state index contributed by atoms with van der Waals surface area (Å²) in [6, 6.07) is 15.5. The molecule has 1 atom stereocenters. The summed E-state index contributed by atoms with van der Waals surface area (Å²) in [4.78, 5) is 23.7. The summed E-state index contributed by atoms with van der Waals surface area (Å²) >= 11 is 0. The van der Waals surface area contributed by atoms with Gasteiger partial charge in [-0.2, -0.15) is 0 Å². The van der Waals surface area contributed by atoms with Gasteiger partial charge in [-0.25, -0.2) is 8.42 Å². The topological polar surface area (TPSA) is 110 Å². The molecule has 2 aromatic rings. The fraction of sp³-hybridized carbons (Fsp3) is 0.125. The highest BCUT2D eigenvalue weighted by atomic mass is 32.2. The lowest BCUT2D eigenvalue weighted by Gasteiger charge is -2.18. The van der Waals surface area contributed by atoms with Crippen molar-refractivity contribution in [3.05, 3.63) is 60.7 Å². The molecule has 126 valence electrons. The number of hydrogen-bond donors (Lipinski definition) is 0. The van der Waals surface area contributed by atoms with Crippen LogP contribution < -0.4 is 9.47 Å². The number of para-hydroxylation sites is 2. The zero-order chi connectivity index (χ0) is 17.6. The van der Waals surface area contributed by atoms with Crippen molar-refractivity contribution in [2.75, 3.05) is 0 Å². The molecule has 8 heteroatoms. The zero-order valence-corrected chi connectivity index (χ0v) is 13.1. The van der Waals surface area contributed by atoms with Crippen LogP contribution in [0, 0.1) is 0 Å². The molecule has 7 nitrogen and oxygen atoms in total. The number of esters is 2. The van der Waals surface area contributed by atoms with Crippen LogP contribution in [0.1, 0.15) is 6.42 Å². The van der Waals surface area contributed by atoms with Gasteiger partial charge in [-0.15, -0.1) is 0 Å². The van der Waals surface area contributed by atoms with Gasteiger partial charge in [0, 0.05) is 0 Å². The van der Waals surface area contributed by atoms with Crippen molar-refractivity contribution in [2.45, 2.75) is 11.7 Å². The first-order valence-electron chi connectivity index (χ1n) is 6.83. The summed E-state index contributed by atoms with van der Waals surface area (Å²) in [6.45, 7) is 0. The van der Waals surface area contributed by atoms with Crippen LogP contribution in [0.2, 0.25) is 0 Å². The summed E-state index contributed by atoms with van der Waals surface area (Å²) < 4.78 is 43.6. The van der Waals surface area contributed by atoms with E-state index in [9.17, 15) is 22.6 Å². The quantitative estimate of drug-likeness (QED) is 0.441. The predicted molar refractivity (Wildman–Crippen MR) is 82.3 cm³/mol. The third-order valence-corrected chi connectivity index (χ3v) is 3.96. The highest BCUT2D eigenvalue weighted by Crippen LogP contribution is 2.15. The van der Waals surface area contributed by atoms with Crippen molar-refractivity contribution in [1.29, 1.82) is 0 Å². The molecule has 0 aliphatic rings. The fourth-order valence-electron chi connectivity index (χ4n) is 1.79. The van der Waals surface area contributed by atoms with Crippen LogP contribution in [-0.4, -0.2) is 30.2 Å². The van der Waals surface area contributed by atoms with Crippen molar-refractivity contribution in [3.63, 3.8) is 0 Å². The van der Waals surface area contributed by atoms with E-state index in [-0.39, 0.29) is 11.5 Å². The normalized spacial score (nSPS) is 12.2.